The van der Waals surface area contributed by atoms with E-state index in [9.17, 15) is 18.0 Å². The minimum absolute atomic E-state index is 0.0818. The van der Waals surface area contributed by atoms with Gasteiger partial charge in [-0.2, -0.15) is 0 Å². The maximum absolute atomic E-state index is 12.9. The van der Waals surface area contributed by atoms with Crippen LogP contribution >= 0.6 is 11.6 Å². The highest BCUT2D eigenvalue weighted by Gasteiger charge is 2.19. The van der Waals surface area contributed by atoms with Crippen LogP contribution in [0.3, 0.4) is 0 Å². The molecule has 0 bridgehead atoms. The monoisotopic (exact) mass is 498 g/mol. The van der Waals surface area contributed by atoms with Gasteiger partial charge in [-0.25, -0.2) is 8.42 Å². The quantitative estimate of drug-likeness (QED) is 0.402. The number of nitrogens with zero attached hydrogens (tertiary/aromatic N) is 1. The summed E-state index contributed by atoms with van der Waals surface area (Å²) in [5.41, 5.74) is 3.63. The first-order valence-electron chi connectivity index (χ1n) is 10.8. The number of nitrogens with one attached hydrogen (secondary N) is 1. The Balaban J connectivity index is 1.71. The summed E-state index contributed by atoms with van der Waals surface area (Å²) in [6, 6.07) is 19.0. The minimum Gasteiger partial charge on any atom is -0.325 e. The maximum atomic E-state index is 12.9. The van der Waals surface area contributed by atoms with E-state index < -0.39 is 10.0 Å². The molecule has 3 aromatic carbocycles. The predicted octanol–water partition coefficient (Wildman–Crippen LogP) is 5.37. The van der Waals surface area contributed by atoms with E-state index in [2.05, 4.69) is 5.32 Å². The molecule has 0 aliphatic heterocycles. The second kappa shape index (κ2) is 10.8. The largest absolute Gasteiger partial charge is 0.325 e. The lowest BCUT2D eigenvalue weighted by Gasteiger charge is -2.23. The fourth-order valence-electron chi connectivity index (χ4n) is 3.74. The minimum atomic E-state index is -3.52. The molecule has 0 aliphatic carbocycles. The van der Waals surface area contributed by atoms with Gasteiger partial charge in [-0.3, -0.25) is 13.9 Å². The topological polar surface area (TPSA) is 83.6 Å². The van der Waals surface area contributed by atoms with Crippen LogP contribution in [0.25, 0.3) is 0 Å². The molecule has 0 heterocycles. The normalized spacial score (nSPS) is 11.2. The van der Waals surface area contributed by atoms with E-state index in [1.807, 2.05) is 38.1 Å². The van der Waals surface area contributed by atoms with Gasteiger partial charge in [0.25, 0.3) is 0 Å². The number of hydrogen-bond acceptors (Lipinski definition) is 4. The third kappa shape index (κ3) is 6.68. The number of aryl methyl sites for hydroxylation is 2. The van der Waals surface area contributed by atoms with E-state index in [4.69, 9.17) is 11.6 Å². The number of carbonyl (C=O) groups excluding carboxylic acids is 2. The molecule has 0 atom stereocenters. The van der Waals surface area contributed by atoms with Crippen molar-refractivity contribution in [3.8, 4) is 0 Å². The Kier molecular flexibility index (Phi) is 8.12. The zero-order valence-electron chi connectivity index (χ0n) is 19.3. The van der Waals surface area contributed by atoms with Crippen LogP contribution < -0.4 is 9.62 Å². The van der Waals surface area contributed by atoms with Crippen molar-refractivity contribution in [1.82, 2.24) is 0 Å². The molecular formula is C26H27ClN2O4S. The second-order valence-electron chi connectivity index (χ2n) is 8.22. The predicted molar refractivity (Wildman–Crippen MR) is 137 cm³/mol. The van der Waals surface area contributed by atoms with Crippen LogP contribution in [0.1, 0.15) is 39.9 Å². The van der Waals surface area contributed by atoms with Crippen LogP contribution in [0.4, 0.5) is 11.4 Å². The van der Waals surface area contributed by atoms with Crippen molar-refractivity contribution in [3.05, 3.63) is 94.0 Å². The molecule has 1 N–H and O–H groups in total. The number of anilines is 2. The van der Waals surface area contributed by atoms with Crippen molar-refractivity contribution in [2.45, 2.75) is 26.7 Å². The van der Waals surface area contributed by atoms with Crippen LogP contribution in [-0.4, -0.2) is 32.9 Å². The zero-order chi connectivity index (χ0) is 24.9. The first-order valence-corrected chi connectivity index (χ1v) is 13.0. The number of sulfonamides is 1. The van der Waals surface area contributed by atoms with Gasteiger partial charge in [0.1, 0.15) is 0 Å². The number of ketones is 1. The standard InChI is InChI=1S/C26H27ClN2O4S/c1-18-14-19(2)16-22(15-18)29(34(3,32)33)13-7-10-25(30)28-24-12-11-21(27)17-23(24)26(31)20-8-5-4-6-9-20/h4-6,8-9,11-12,14-17H,7,10,13H2,1-3H3,(H,28,30). The molecule has 34 heavy (non-hydrogen) atoms. The first kappa shape index (κ1) is 25.5. The van der Waals surface area contributed by atoms with E-state index in [1.54, 1.807) is 36.4 Å². The molecule has 0 radical (unpaired) electrons. The number of benzene rings is 3. The smallest absolute Gasteiger partial charge is 0.232 e. The van der Waals surface area contributed by atoms with Gasteiger partial charge >= 0.3 is 0 Å². The van der Waals surface area contributed by atoms with Crippen LogP contribution in [0, 0.1) is 13.8 Å². The summed E-state index contributed by atoms with van der Waals surface area (Å²) in [6.07, 6.45) is 1.54. The number of rotatable bonds is 9. The average molecular weight is 499 g/mol. The summed E-state index contributed by atoms with van der Waals surface area (Å²) < 4.78 is 26.1. The molecule has 6 nitrogen and oxygen atoms in total. The molecular weight excluding hydrogens is 472 g/mol. The molecule has 0 saturated heterocycles. The maximum Gasteiger partial charge on any atom is 0.232 e. The second-order valence-corrected chi connectivity index (χ2v) is 10.6. The Labute approximate surface area is 205 Å². The van der Waals surface area contributed by atoms with Gasteiger partial charge < -0.3 is 5.32 Å². The molecule has 0 saturated carbocycles. The molecule has 1 amide bonds. The summed E-state index contributed by atoms with van der Waals surface area (Å²) in [7, 11) is -3.52. The molecule has 0 aromatic heterocycles. The molecule has 3 rings (SSSR count). The van der Waals surface area contributed by atoms with Crippen molar-refractivity contribution in [2.75, 3.05) is 22.4 Å². The lowest BCUT2D eigenvalue weighted by Crippen LogP contribution is -2.31. The summed E-state index contributed by atoms with van der Waals surface area (Å²) in [6.45, 7) is 3.97. The summed E-state index contributed by atoms with van der Waals surface area (Å²) in [5, 5.41) is 3.16. The van der Waals surface area contributed by atoms with Crippen LogP contribution in [0.2, 0.25) is 5.02 Å². The lowest BCUT2D eigenvalue weighted by molar-refractivity contribution is -0.116. The molecule has 178 valence electrons. The molecule has 8 heteroatoms. The Hall–Kier alpha value is -3.16. The summed E-state index contributed by atoms with van der Waals surface area (Å²) >= 11 is 6.10. The van der Waals surface area contributed by atoms with Crippen molar-refractivity contribution < 1.29 is 18.0 Å². The van der Waals surface area contributed by atoms with Crippen molar-refractivity contribution in [2.24, 2.45) is 0 Å². The highest BCUT2D eigenvalue weighted by atomic mass is 35.5. The van der Waals surface area contributed by atoms with Gasteiger partial charge in [0.05, 0.1) is 17.6 Å². The van der Waals surface area contributed by atoms with Gasteiger partial charge in [-0.1, -0.05) is 48.0 Å². The third-order valence-electron chi connectivity index (χ3n) is 5.20. The van der Waals surface area contributed by atoms with E-state index in [0.29, 0.717) is 33.9 Å². The van der Waals surface area contributed by atoms with E-state index in [-0.39, 0.29) is 24.7 Å². The van der Waals surface area contributed by atoms with Gasteiger partial charge in [0.2, 0.25) is 15.9 Å². The Morgan fingerprint density at radius 3 is 2.21 bits per heavy atom. The number of halogens is 1. The molecule has 0 aliphatic rings. The van der Waals surface area contributed by atoms with Crippen molar-refractivity contribution >= 4 is 44.7 Å². The Bertz CT molecular complexity index is 1290. The van der Waals surface area contributed by atoms with Gasteiger partial charge in [0, 0.05) is 29.1 Å². The number of carbonyl (C=O) groups is 2. The van der Waals surface area contributed by atoms with Gasteiger partial charge in [-0.15, -0.1) is 0 Å². The fraction of sp³-hybridized carbons (Fsp3) is 0.231. The summed E-state index contributed by atoms with van der Waals surface area (Å²) in [4.78, 5) is 25.6. The van der Waals surface area contributed by atoms with Gasteiger partial charge in [-0.05, 0) is 61.7 Å². The van der Waals surface area contributed by atoms with Crippen LogP contribution in [-0.2, 0) is 14.8 Å². The molecule has 0 spiro atoms. The van der Waals surface area contributed by atoms with Gasteiger partial charge in [0.15, 0.2) is 5.78 Å². The van der Waals surface area contributed by atoms with E-state index in [0.717, 1.165) is 17.4 Å². The Morgan fingerprint density at radius 2 is 1.59 bits per heavy atom. The van der Waals surface area contributed by atoms with E-state index >= 15 is 0 Å². The summed E-state index contributed by atoms with van der Waals surface area (Å²) in [5.74, 6) is -0.574. The number of hydrogen-bond donors (Lipinski definition) is 1. The van der Waals surface area contributed by atoms with Crippen molar-refractivity contribution in [3.63, 3.8) is 0 Å². The molecule has 3 aromatic rings. The van der Waals surface area contributed by atoms with Crippen LogP contribution in [0.15, 0.2) is 66.7 Å². The SMILES string of the molecule is Cc1cc(C)cc(N(CCCC(=O)Nc2ccc(Cl)cc2C(=O)c2ccccc2)S(C)(=O)=O)c1. The highest BCUT2D eigenvalue weighted by molar-refractivity contribution is 7.92. The van der Waals surface area contributed by atoms with Crippen molar-refractivity contribution in [1.29, 1.82) is 0 Å². The van der Waals surface area contributed by atoms with Crippen LogP contribution in [0.5, 0.6) is 0 Å². The Morgan fingerprint density at radius 1 is 0.941 bits per heavy atom. The highest BCUT2D eigenvalue weighted by Crippen LogP contribution is 2.25. The average Bonchev–Trinajstić information content (AvgIpc) is 2.76. The number of amides is 1. The third-order valence-corrected chi connectivity index (χ3v) is 6.63. The molecule has 0 unspecified atom stereocenters. The lowest BCUT2D eigenvalue weighted by atomic mass is 10.0. The first-order chi connectivity index (χ1) is 16.0. The molecule has 0 fully saturated rings. The zero-order valence-corrected chi connectivity index (χ0v) is 20.9. The van der Waals surface area contributed by atoms with E-state index in [1.165, 1.54) is 10.4 Å². The fourth-order valence-corrected chi connectivity index (χ4v) is 4.86.